The number of carbonyl (C=O) groups excluding carboxylic acids is 1. The topological polar surface area (TPSA) is 69.6 Å². The van der Waals surface area contributed by atoms with Crippen molar-refractivity contribution in [2.24, 2.45) is 11.8 Å². The van der Waals surface area contributed by atoms with Gasteiger partial charge in [-0.1, -0.05) is 0 Å². The van der Waals surface area contributed by atoms with Gasteiger partial charge in [-0.15, -0.1) is 0 Å². The van der Waals surface area contributed by atoms with Gasteiger partial charge in [0.25, 0.3) is 0 Å². The predicted octanol–water partition coefficient (Wildman–Crippen LogP) is 1.68. The second-order valence-electron chi connectivity index (χ2n) is 5.90. The van der Waals surface area contributed by atoms with Crippen LogP contribution in [-0.2, 0) is 4.79 Å². The Hall–Kier alpha value is -1.26. The lowest BCUT2D eigenvalue weighted by Gasteiger charge is -2.32. The van der Waals surface area contributed by atoms with E-state index in [2.05, 4.69) is 5.32 Å². The van der Waals surface area contributed by atoms with E-state index in [1.54, 1.807) is 18.9 Å². The molecule has 0 radical (unpaired) electrons. The van der Waals surface area contributed by atoms with Crippen molar-refractivity contribution in [2.45, 2.75) is 51.1 Å². The van der Waals surface area contributed by atoms with E-state index >= 15 is 0 Å². The Bertz CT molecular complexity index is 363. The average Bonchev–Trinajstić information content (AvgIpc) is 3.19. The molecule has 5 nitrogen and oxygen atoms in total. The van der Waals surface area contributed by atoms with E-state index < -0.39 is 11.5 Å². The third-order valence-electron chi connectivity index (χ3n) is 4.44. The highest BCUT2D eigenvalue weighted by Gasteiger charge is 2.49. The maximum Gasteiger partial charge on any atom is 0.329 e. The van der Waals surface area contributed by atoms with Crippen LogP contribution < -0.4 is 5.32 Å². The third-order valence-corrected chi connectivity index (χ3v) is 4.44. The summed E-state index contributed by atoms with van der Waals surface area (Å²) in [5.74, 6) is -0.285. The first-order chi connectivity index (χ1) is 8.36. The lowest BCUT2D eigenvalue weighted by atomic mass is 9.96. The van der Waals surface area contributed by atoms with E-state index in [4.69, 9.17) is 0 Å². The van der Waals surface area contributed by atoms with Crippen molar-refractivity contribution >= 4 is 12.0 Å². The number of urea groups is 1. The van der Waals surface area contributed by atoms with E-state index in [9.17, 15) is 14.7 Å². The van der Waals surface area contributed by atoms with E-state index in [0.29, 0.717) is 5.92 Å². The molecule has 0 aromatic carbocycles. The largest absolute Gasteiger partial charge is 0.480 e. The zero-order valence-corrected chi connectivity index (χ0v) is 11.3. The van der Waals surface area contributed by atoms with Crippen molar-refractivity contribution in [3.8, 4) is 0 Å². The molecule has 0 aliphatic heterocycles. The monoisotopic (exact) mass is 254 g/mol. The van der Waals surface area contributed by atoms with Gasteiger partial charge in [0.15, 0.2) is 0 Å². The fourth-order valence-electron chi connectivity index (χ4n) is 2.38. The molecule has 0 heterocycles. The fourth-order valence-corrected chi connectivity index (χ4v) is 2.38. The maximum absolute atomic E-state index is 12.1. The summed E-state index contributed by atoms with van der Waals surface area (Å²) in [6.07, 6.45) is 4.09. The zero-order valence-electron chi connectivity index (χ0n) is 11.3. The molecular weight excluding hydrogens is 232 g/mol. The minimum atomic E-state index is -1.12. The minimum absolute atomic E-state index is 0.0728. The molecule has 0 bridgehead atoms. The summed E-state index contributed by atoms with van der Waals surface area (Å²) in [5.41, 5.74) is -1.12. The predicted molar refractivity (Wildman–Crippen MR) is 67.2 cm³/mol. The van der Waals surface area contributed by atoms with Gasteiger partial charge in [0.05, 0.1) is 0 Å². The number of hydrogen-bond acceptors (Lipinski definition) is 2. The molecule has 2 aliphatic rings. The molecule has 102 valence electrons. The molecule has 2 unspecified atom stereocenters. The van der Waals surface area contributed by atoms with Gasteiger partial charge in [-0.2, -0.15) is 0 Å². The first kappa shape index (κ1) is 13.2. The Labute approximate surface area is 108 Å². The van der Waals surface area contributed by atoms with Gasteiger partial charge in [0.2, 0.25) is 0 Å². The number of carboxylic acid groups (broad SMARTS) is 1. The SMILES string of the molecule is CC(C1CC1)N(C)C(=O)NC(C)(C(=O)O)C1CC1. The van der Waals surface area contributed by atoms with Crippen molar-refractivity contribution < 1.29 is 14.7 Å². The van der Waals surface area contributed by atoms with Gasteiger partial charge >= 0.3 is 12.0 Å². The Morgan fingerprint density at radius 2 is 1.89 bits per heavy atom. The Kier molecular flexibility index (Phi) is 3.25. The molecule has 18 heavy (non-hydrogen) atoms. The van der Waals surface area contributed by atoms with Crippen LogP contribution in [0.15, 0.2) is 0 Å². The second-order valence-corrected chi connectivity index (χ2v) is 5.90. The lowest BCUT2D eigenvalue weighted by molar-refractivity contribution is -0.144. The van der Waals surface area contributed by atoms with Crippen LogP contribution in [0, 0.1) is 11.8 Å². The molecule has 0 spiro atoms. The zero-order chi connectivity index (χ0) is 13.5. The number of carboxylic acids is 1. The minimum Gasteiger partial charge on any atom is -0.480 e. The third kappa shape index (κ3) is 2.44. The first-order valence-corrected chi connectivity index (χ1v) is 6.64. The van der Waals surface area contributed by atoms with Gasteiger partial charge in [-0.25, -0.2) is 9.59 Å². The van der Waals surface area contributed by atoms with Crippen LogP contribution in [0.3, 0.4) is 0 Å². The molecule has 0 saturated heterocycles. The summed E-state index contributed by atoms with van der Waals surface area (Å²) in [5, 5.41) is 12.0. The highest BCUT2D eigenvalue weighted by Crippen LogP contribution is 2.40. The van der Waals surface area contributed by atoms with Gasteiger partial charge in [-0.05, 0) is 51.4 Å². The number of nitrogens with zero attached hydrogens (tertiary/aromatic N) is 1. The molecule has 2 N–H and O–H groups in total. The van der Waals surface area contributed by atoms with Crippen LogP contribution in [-0.4, -0.2) is 40.6 Å². The number of amides is 2. The quantitative estimate of drug-likeness (QED) is 0.784. The van der Waals surface area contributed by atoms with Crippen LogP contribution in [0.25, 0.3) is 0 Å². The molecule has 2 saturated carbocycles. The van der Waals surface area contributed by atoms with Gasteiger partial charge < -0.3 is 15.3 Å². The second kappa shape index (κ2) is 4.44. The lowest BCUT2D eigenvalue weighted by Crippen LogP contribution is -2.58. The van der Waals surface area contributed by atoms with Crippen LogP contribution in [0.2, 0.25) is 0 Å². The number of nitrogens with one attached hydrogen (secondary N) is 1. The van der Waals surface area contributed by atoms with E-state index in [1.165, 1.54) is 0 Å². The standard InChI is InChI=1S/C13H22N2O3/c1-8(9-4-5-9)15(3)12(18)14-13(2,11(16)17)10-6-7-10/h8-10H,4-7H2,1-3H3,(H,14,18)(H,16,17). The van der Waals surface area contributed by atoms with E-state index in [-0.39, 0.29) is 18.0 Å². The number of hydrogen-bond donors (Lipinski definition) is 2. The molecule has 2 amide bonds. The number of rotatable bonds is 5. The summed E-state index contributed by atoms with van der Waals surface area (Å²) >= 11 is 0. The maximum atomic E-state index is 12.1. The Morgan fingerprint density at radius 3 is 2.28 bits per heavy atom. The highest BCUT2D eigenvalue weighted by atomic mass is 16.4. The molecule has 2 atom stereocenters. The van der Waals surface area contributed by atoms with E-state index in [0.717, 1.165) is 25.7 Å². The summed E-state index contributed by atoms with van der Waals surface area (Å²) in [6.45, 7) is 3.63. The molecule has 0 aromatic rings. The highest BCUT2D eigenvalue weighted by molar-refractivity contribution is 5.86. The molecule has 0 aromatic heterocycles. The van der Waals surface area contributed by atoms with Crippen LogP contribution in [0.5, 0.6) is 0 Å². The van der Waals surface area contributed by atoms with Gasteiger partial charge in [-0.3, -0.25) is 0 Å². The van der Waals surface area contributed by atoms with Crippen LogP contribution in [0.1, 0.15) is 39.5 Å². The molecule has 2 aliphatic carbocycles. The van der Waals surface area contributed by atoms with Crippen molar-refractivity contribution in [2.75, 3.05) is 7.05 Å². The van der Waals surface area contributed by atoms with Gasteiger partial charge in [0.1, 0.15) is 5.54 Å². The summed E-state index contributed by atoms with van der Waals surface area (Å²) in [6, 6.07) is -0.0894. The number of aliphatic carboxylic acids is 1. The summed E-state index contributed by atoms with van der Waals surface area (Å²) in [7, 11) is 1.74. The van der Waals surface area contributed by atoms with Crippen molar-refractivity contribution in [3.05, 3.63) is 0 Å². The van der Waals surface area contributed by atoms with Crippen LogP contribution >= 0.6 is 0 Å². The Balaban J connectivity index is 1.98. The molecule has 5 heteroatoms. The van der Waals surface area contributed by atoms with Crippen molar-refractivity contribution in [1.82, 2.24) is 10.2 Å². The summed E-state index contributed by atoms with van der Waals surface area (Å²) < 4.78 is 0. The smallest absolute Gasteiger partial charge is 0.329 e. The van der Waals surface area contributed by atoms with Gasteiger partial charge in [0, 0.05) is 13.1 Å². The molecule has 2 rings (SSSR count). The number of carbonyl (C=O) groups is 2. The first-order valence-electron chi connectivity index (χ1n) is 6.64. The summed E-state index contributed by atoms with van der Waals surface area (Å²) in [4.78, 5) is 25.1. The van der Waals surface area contributed by atoms with Crippen molar-refractivity contribution in [1.29, 1.82) is 0 Å². The Morgan fingerprint density at radius 1 is 1.33 bits per heavy atom. The van der Waals surface area contributed by atoms with Crippen molar-refractivity contribution in [3.63, 3.8) is 0 Å². The average molecular weight is 254 g/mol. The molecule has 2 fully saturated rings. The van der Waals surface area contributed by atoms with E-state index in [1.807, 2.05) is 6.92 Å². The normalized spacial score (nSPS) is 23.9. The van der Waals surface area contributed by atoms with Crippen LogP contribution in [0.4, 0.5) is 4.79 Å². The fraction of sp³-hybridized carbons (Fsp3) is 0.846. The molecular formula is C13H22N2O3.